The zero-order valence-electron chi connectivity index (χ0n) is 16.9. The van der Waals surface area contributed by atoms with Crippen molar-refractivity contribution in [3.63, 3.8) is 0 Å². The molecular weight excluding hydrogens is 328 g/mol. The standard InChI is InChI=1S/C19H36N6O/c1-5-8-9-15(6-2)12-21-19(20-7-3)22-16-10-11-18-23-17(14-26-4)24-25(18)13-16/h15-16H,5-14H2,1-4H3,(H2,20,21,22). The Kier molecular flexibility index (Phi) is 8.88. The Bertz CT molecular complexity index is 556. The minimum Gasteiger partial charge on any atom is -0.377 e. The highest BCUT2D eigenvalue weighted by molar-refractivity contribution is 5.80. The number of nitrogens with zero attached hydrogens (tertiary/aromatic N) is 4. The van der Waals surface area contributed by atoms with Gasteiger partial charge in [0.25, 0.3) is 0 Å². The van der Waals surface area contributed by atoms with Gasteiger partial charge in [-0.15, -0.1) is 0 Å². The largest absolute Gasteiger partial charge is 0.377 e. The number of aryl methyl sites for hydroxylation is 1. The van der Waals surface area contributed by atoms with Crippen molar-refractivity contribution in [3.05, 3.63) is 11.6 Å². The molecule has 1 aromatic heterocycles. The second kappa shape index (κ2) is 11.2. The molecule has 7 heteroatoms. The summed E-state index contributed by atoms with van der Waals surface area (Å²) in [7, 11) is 1.67. The summed E-state index contributed by atoms with van der Waals surface area (Å²) in [5.74, 6) is 3.43. The smallest absolute Gasteiger partial charge is 0.191 e. The highest BCUT2D eigenvalue weighted by Crippen LogP contribution is 2.15. The molecule has 1 aromatic rings. The number of aromatic nitrogens is 3. The predicted molar refractivity (Wildman–Crippen MR) is 105 cm³/mol. The zero-order valence-corrected chi connectivity index (χ0v) is 16.9. The number of guanidine groups is 1. The van der Waals surface area contributed by atoms with E-state index in [1.165, 1.54) is 25.7 Å². The van der Waals surface area contributed by atoms with E-state index in [4.69, 9.17) is 9.73 Å². The Morgan fingerprint density at radius 1 is 1.38 bits per heavy atom. The van der Waals surface area contributed by atoms with Crippen LogP contribution in [0.25, 0.3) is 0 Å². The van der Waals surface area contributed by atoms with Crippen LogP contribution in [0.1, 0.15) is 64.5 Å². The van der Waals surface area contributed by atoms with Crippen molar-refractivity contribution in [3.8, 4) is 0 Å². The average Bonchev–Trinajstić information content (AvgIpc) is 3.04. The van der Waals surface area contributed by atoms with Gasteiger partial charge < -0.3 is 15.4 Å². The maximum Gasteiger partial charge on any atom is 0.191 e. The van der Waals surface area contributed by atoms with E-state index in [9.17, 15) is 0 Å². The molecule has 2 N–H and O–H groups in total. The third-order valence-corrected chi connectivity index (χ3v) is 4.91. The van der Waals surface area contributed by atoms with E-state index in [2.05, 4.69) is 41.5 Å². The first-order valence-electron chi connectivity index (χ1n) is 10.2. The van der Waals surface area contributed by atoms with Gasteiger partial charge in [0.1, 0.15) is 12.4 Å². The van der Waals surface area contributed by atoms with Crippen LogP contribution in [0, 0.1) is 5.92 Å². The molecule has 0 aliphatic carbocycles. The van der Waals surface area contributed by atoms with Crippen LogP contribution in [0.3, 0.4) is 0 Å². The molecule has 0 radical (unpaired) electrons. The summed E-state index contributed by atoms with van der Waals surface area (Å²) in [5.41, 5.74) is 0. The molecule has 1 aliphatic rings. The minimum atomic E-state index is 0.327. The Hall–Kier alpha value is -1.63. The number of rotatable bonds is 10. The summed E-state index contributed by atoms with van der Waals surface area (Å²) in [5, 5.41) is 11.5. The Morgan fingerprint density at radius 3 is 2.92 bits per heavy atom. The van der Waals surface area contributed by atoms with Crippen LogP contribution in [0.15, 0.2) is 4.99 Å². The van der Waals surface area contributed by atoms with E-state index < -0.39 is 0 Å². The maximum absolute atomic E-state index is 5.14. The van der Waals surface area contributed by atoms with Gasteiger partial charge in [-0.1, -0.05) is 33.1 Å². The summed E-state index contributed by atoms with van der Waals surface area (Å²) in [6.45, 7) is 9.69. The predicted octanol–water partition coefficient (Wildman–Crippen LogP) is 2.51. The molecule has 0 saturated carbocycles. The molecule has 0 spiro atoms. The van der Waals surface area contributed by atoms with Gasteiger partial charge >= 0.3 is 0 Å². The third-order valence-electron chi connectivity index (χ3n) is 4.91. The van der Waals surface area contributed by atoms with Gasteiger partial charge in [-0.2, -0.15) is 5.10 Å². The van der Waals surface area contributed by atoms with Gasteiger partial charge in [-0.3, -0.25) is 4.99 Å². The van der Waals surface area contributed by atoms with Crippen LogP contribution in [-0.4, -0.2) is 47.0 Å². The lowest BCUT2D eigenvalue weighted by Crippen LogP contribution is -2.47. The first kappa shape index (κ1) is 20.7. The number of hydrogen-bond acceptors (Lipinski definition) is 4. The van der Waals surface area contributed by atoms with Crippen LogP contribution in [0.4, 0.5) is 0 Å². The van der Waals surface area contributed by atoms with Crippen molar-refractivity contribution >= 4 is 5.96 Å². The highest BCUT2D eigenvalue weighted by Gasteiger charge is 2.22. The first-order valence-corrected chi connectivity index (χ1v) is 10.2. The summed E-state index contributed by atoms with van der Waals surface area (Å²) in [4.78, 5) is 9.39. The van der Waals surface area contributed by atoms with Crippen molar-refractivity contribution in [1.29, 1.82) is 0 Å². The molecule has 26 heavy (non-hydrogen) atoms. The van der Waals surface area contributed by atoms with Crippen molar-refractivity contribution in [2.75, 3.05) is 20.2 Å². The molecule has 2 atom stereocenters. The number of aliphatic imine (C=N–C) groups is 1. The molecule has 0 saturated heterocycles. The highest BCUT2D eigenvalue weighted by atomic mass is 16.5. The quantitative estimate of drug-likeness (QED) is 0.493. The summed E-state index contributed by atoms with van der Waals surface area (Å²) in [6, 6.07) is 0.327. The molecule has 2 unspecified atom stereocenters. The van der Waals surface area contributed by atoms with Crippen LogP contribution in [-0.2, 0) is 24.3 Å². The Balaban J connectivity index is 1.93. The van der Waals surface area contributed by atoms with E-state index in [0.29, 0.717) is 18.6 Å². The zero-order chi connectivity index (χ0) is 18.8. The van der Waals surface area contributed by atoms with E-state index in [-0.39, 0.29) is 0 Å². The summed E-state index contributed by atoms with van der Waals surface area (Å²) in [6.07, 6.45) is 6.98. The lowest BCUT2D eigenvalue weighted by molar-refractivity contribution is 0.177. The number of unbranched alkanes of at least 4 members (excludes halogenated alkanes) is 1. The normalized spacial score (nSPS) is 18.5. The number of ether oxygens (including phenoxy) is 1. The van der Waals surface area contributed by atoms with Gasteiger partial charge in [0.15, 0.2) is 11.8 Å². The molecule has 7 nitrogen and oxygen atoms in total. The van der Waals surface area contributed by atoms with Crippen LogP contribution in [0.5, 0.6) is 0 Å². The van der Waals surface area contributed by atoms with Gasteiger partial charge in [-0.05, 0) is 25.7 Å². The minimum absolute atomic E-state index is 0.327. The van der Waals surface area contributed by atoms with Crippen molar-refractivity contribution in [2.24, 2.45) is 10.9 Å². The molecule has 2 heterocycles. The molecule has 0 fully saturated rings. The van der Waals surface area contributed by atoms with Crippen LogP contribution < -0.4 is 10.6 Å². The van der Waals surface area contributed by atoms with Gasteiger partial charge in [-0.25, -0.2) is 9.67 Å². The van der Waals surface area contributed by atoms with E-state index in [1.54, 1.807) is 7.11 Å². The molecule has 0 bridgehead atoms. The third kappa shape index (κ3) is 6.27. The molecule has 2 rings (SSSR count). The lowest BCUT2D eigenvalue weighted by atomic mass is 10.00. The molecule has 148 valence electrons. The van der Waals surface area contributed by atoms with Gasteiger partial charge in [0.2, 0.25) is 0 Å². The SMILES string of the molecule is CCCCC(CC)CN=C(NCC)NC1CCc2nc(COC)nn2C1. The van der Waals surface area contributed by atoms with Crippen LogP contribution in [0.2, 0.25) is 0 Å². The second-order valence-electron chi connectivity index (χ2n) is 7.08. The first-order chi connectivity index (χ1) is 12.7. The fourth-order valence-corrected chi connectivity index (χ4v) is 3.32. The van der Waals surface area contributed by atoms with Gasteiger partial charge in [0.05, 0.1) is 6.54 Å². The van der Waals surface area contributed by atoms with E-state index in [0.717, 1.165) is 50.1 Å². The number of methoxy groups -OCH3 is 1. The van der Waals surface area contributed by atoms with Crippen LogP contribution >= 0.6 is 0 Å². The summed E-state index contributed by atoms with van der Waals surface area (Å²) < 4.78 is 7.15. The molecular formula is C19H36N6O. The monoisotopic (exact) mass is 364 g/mol. The maximum atomic E-state index is 5.14. The average molecular weight is 365 g/mol. The fourth-order valence-electron chi connectivity index (χ4n) is 3.32. The topological polar surface area (TPSA) is 76.4 Å². The van der Waals surface area contributed by atoms with E-state index >= 15 is 0 Å². The second-order valence-corrected chi connectivity index (χ2v) is 7.08. The Morgan fingerprint density at radius 2 is 2.23 bits per heavy atom. The lowest BCUT2D eigenvalue weighted by Gasteiger charge is -2.25. The molecule has 1 aliphatic heterocycles. The van der Waals surface area contributed by atoms with Crippen molar-refractivity contribution in [1.82, 2.24) is 25.4 Å². The van der Waals surface area contributed by atoms with E-state index in [1.807, 2.05) is 4.68 Å². The Labute approximate surface area is 158 Å². The number of hydrogen-bond donors (Lipinski definition) is 2. The van der Waals surface area contributed by atoms with Crippen molar-refractivity contribution in [2.45, 2.75) is 78.5 Å². The molecule has 0 amide bonds. The van der Waals surface area contributed by atoms with Gasteiger partial charge in [0, 0.05) is 32.7 Å². The number of fused-ring (bicyclic) bond motifs is 1. The number of nitrogens with one attached hydrogen (secondary N) is 2. The van der Waals surface area contributed by atoms with Crippen molar-refractivity contribution < 1.29 is 4.74 Å². The fraction of sp³-hybridized carbons (Fsp3) is 0.842. The molecule has 0 aromatic carbocycles. The summed E-state index contributed by atoms with van der Waals surface area (Å²) >= 11 is 0.